The van der Waals surface area contributed by atoms with Crippen molar-refractivity contribution in [3.05, 3.63) is 57.7 Å². The number of anilines is 1. The summed E-state index contributed by atoms with van der Waals surface area (Å²) < 4.78 is 33.7. The Balaban J connectivity index is 0.00000242. The number of amides is 1. The molecule has 0 spiro atoms. The molecule has 0 aliphatic heterocycles. The molecule has 22 heavy (non-hydrogen) atoms. The van der Waals surface area contributed by atoms with Gasteiger partial charge in [0.25, 0.3) is 0 Å². The van der Waals surface area contributed by atoms with Crippen molar-refractivity contribution in [2.24, 2.45) is 0 Å². The molecule has 0 saturated carbocycles. The molecule has 112 valence electrons. The molecule has 0 unspecified atom stereocenters. The number of carbonyl (C=O) groups is 1. The van der Waals surface area contributed by atoms with E-state index in [2.05, 4.69) is 10.2 Å². The van der Waals surface area contributed by atoms with E-state index in [1.165, 1.54) is 27.8 Å². The summed E-state index contributed by atoms with van der Waals surface area (Å²) in [7, 11) is -4.47. The van der Waals surface area contributed by atoms with Crippen LogP contribution >= 0.6 is 0 Å². The zero-order valence-electron chi connectivity index (χ0n) is 12.0. The van der Waals surface area contributed by atoms with Crippen molar-refractivity contribution in [3.8, 4) is 0 Å². The van der Waals surface area contributed by atoms with Crippen molar-refractivity contribution in [1.29, 1.82) is 0 Å². The number of carbonyl (C=O) groups excluding carboxylic acids is 1. The minimum Gasteiger partial charge on any atom is 1.00 e. The van der Waals surface area contributed by atoms with Crippen LogP contribution in [0.4, 0.5) is 5.69 Å². The maximum Gasteiger partial charge on any atom is 1.00 e. The first kappa shape index (κ1) is 19.6. The Morgan fingerprint density at radius 2 is 1.59 bits per heavy atom. The van der Waals surface area contributed by atoms with Crippen LogP contribution in [0.1, 0.15) is 10.4 Å². The monoisotopic (exact) mass is 440 g/mol. The van der Waals surface area contributed by atoms with E-state index in [0.29, 0.717) is 11.3 Å². The van der Waals surface area contributed by atoms with E-state index < -0.39 is 10.1 Å². The molecule has 2 aromatic rings. The summed E-state index contributed by atoms with van der Waals surface area (Å²) in [5, 5.41) is 2.65. The minimum atomic E-state index is -4.47. The summed E-state index contributed by atoms with van der Waals surface area (Å²) >= 11 is -0.00574. The summed E-state index contributed by atoms with van der Waals surface area (Å²) in [6, 6.07) is 12.5. The fraction of sp³-hybridized carbons (Fsp3) is 0.0714. The molecule has 0 saturated heterocycles. The van der Waals surface area contributed by atoms with E-state index in [4.69, 9.17) is 0 Å². The van der Waals surface area contributed by atoms with Crippen LogP contribution in [-0.2, 0) is 10.1 Å². The molecule has 0 atom stereocenters. The van der Waals surface area contributed by atoms with Crippen molar-refractivity contribution in [3.63, 3.8) is 0 Å². The summed E-state index contributed by atoms with van der Waals surface area (Å²) in [4.78, 5) is 13.8. The van der Waals surface area contributed by atoms with Crippen LogP contribution in [0.3, 0.4) is 0 Å². The van der Waals surface area contributed by atoms with Gasteiger partial charge < -0.3 is 0 Å². The van der Waals surface area contributed by atoms with E-state index in [9.17, 15) is 17.8 Å². The van der Waals surface area contributed by atoms with Crippen LogP contribution in [0.2, 0.25) is 0 Å². The molecule has 0 aliphatic carbocycles. The van der Waals surface area contributed by atoms with Gasteiger partial charge in [0.15, 0.2) is 0 Å². The van der Waals surface area contributed by atoms with Gasteiger partial charge >= 0.3 is 163 Å². The van der Waals surface area contributed by atoms with E-state index in [0.717, 1.165) is 0 Å². The van der Waals surface area contributed by atoms with Gasteiger partial charge in [0, 0.05) is 0 Å². The van der Waals surface area contributed by atoms with Crippen LogP contribution in [0.25, 0.3) is 0 Å². The molecular formula is C14H12INNaO4S-. The fourth-order valence-electron chi connectivity index (χ4n) is 1.64. The van der Waals surface area contributed by atoms with Crippen LogP contribution in [0.5, 0.6) is 0 Å². The SMILES string of the molecule is C[I-]c1ccc(C(=O)Nc2ccc(S(=O)(=O)[O-])cc2)cc1.[Na+]. The molecule has 2 aromatic carbocycles. The second-order valence-corrected chi connectivity index (χ2v) is 7.83. The Morgan fingerprint density at radius 1 is 1.05 bits per heavy atom. The minimum absolute atomic E-state index is 0. The van der Waals surface area contributed by atoms with Crippen molar-refractivity contribution in [2.75, 3.05) is 10.2 Å². The Bertz CT molecular complexity index is 745. The molecule has 0 radical (unpaired) electrons. The normalized spacial score (nSPS) is 10.8. The van der Waals surface area contributed by atoms with Gasteiger partial charge in [-0.05, 0) is 0 Å². The van der Waals surface area contributed by atoms with Crippen molar-refractivity contribution >= 4 is 21.7 Å². The largest absolute Gasteiger partial charge is 1.00 e. The molecule has 5 nitrogen and oxygen atoms in total. The Kier molecular flexibility index (Phi) is 7.50. The number of halogens is 1. The van der Waals surface area contributed by atoms with Crippen molar-refractivity contribution < 1.29 is 68.5 Å². The second kappa shape index (κ2) is 8.42. The quantitative estimate of drug-likeness (QED) is 0.226. The molecule has 0 fully saturated rings. The molecule has 8 heteroatoms. The maximum atomic E-state index is 12.0. The summed E-state index contributed by atoms with van der Waals surface area (Å²) in [5.41, 5.74) is 0.955. The van der Waals surface area contributed by atoms with Crippen LogP contribution < -0.4 is 56.1 Å². The number of rotatable bonds is 4. The zero-order chi connectivity index (χ0) is 15.5. The first-order chi connectivity index (χ1) is 9.90. The van der Waals surface area contributed by atoms with Gasteiger partial charge in [-0.3, -0.25) is 0 Å². The topological polar surface area (TPSA) is 86.3 Å². The predicted molar refractivity (Wildman–Crippen MR) is 73.4 cm³/mol. The Hall–Kier alpha value is -0.450. The number of benzene rings is 2. The maximum absolute atomic E-state index is 12.0. The van der Waals surface area contributed by atoms with Crippen LogP contribution in [0.15, 0.2) is 53.4 Å². The Morgan fingerprint density at radius 3 is 2.05 bits per heavy atom. The number of hydrogen-bond donors (Lipinski definition) is 1. The molecule has 1 N–H and O–H groups in total. The average Bonchev–Trinajstić information content (AvgIpc) is 2.47. The number of hydrogen-bond acceptors (Lipinski definition) is 4. The van der Waals surface area contributed by atoms with E-state index in [1.807, 2.05) is 12.1 Å². The molecule has 0 aromatic heterocycles. The molecule has 2 rings (SSSR count). The van der Waals surface area contributed by atoms with Gasteiger partial charge in [-0.1, -0.05) is 0 Å². The molecule has 1 amide bonds. The van der Waals surface area contributed by atoms with Crippen LogP contribution in [0, 0.1) is 3.57 Å². The second-order valence-electron chi connectivity index (χ2n) is 4.13. The standard InChI is InChI=1S/C14H13INO4S.Na/c1-15-11-4-2-10(3-5-11)14(17)16-12-6-8-13(9-7-12)21(18,19)20;/h2-9H,1H3,(H,16,17)(H,18,19,20);/q-1;+1/p-1. The van der Waals surface area contributed by atoms with Gasteiger partial charge in [-0.15, -0.1) is 0 Å². The van der Waals surface area contributed by atoms with Crippen molar-refractivity contribution in [2.45, 2.75) is 4.90 Å². The third-order valence-electron chi connectivity index (χ3n) is 2.73. The van der Waals surface area contributed by atoms with Gasteiger partial charge in [0.1, 0.15) is 0 Å². The van der Waals surface area contributed by atoms with E-state index >= 15 is 0 Å². The number of alkyl halides is 1. The first-order valence-electron chi connectivity index (χ1n) is 5.87. The van der Waals surface area contributed by atoms with Gasteiger partial charge in [-0.2, -0.15) is 0 Å². The summed E-state index contributed by atoms with van der Waals surface area (Å²) in [5.74, 6) is -0.284. The van der Waals surface area contributed by atoms with Gasteiger partial charge in [0.2, 0.25) is 0 Å². The number of nitrogens with one attached hydrogen (secondary N) is 1. The Labute approximate surface area is 161 Å². The van der Waals surface area contributed by atoms with Gasteiger partial charge in [0.05, 0.1) is 0 Å². The van der Waals surface area contributed by atoms with Crippen molar-refractivity contribution in [1.82, 2.24) is 0 Å². The summed E-state index contributed by atoms with van der Waals surface area (Å²) in [6.45, 7) is 0. The molecular weight excluding hydrogens is 428 g/mol. The fourth-order valence-corrected chi connectivity index (χ4v) is 3.18. The first-order valence-corrected chi connectivity index (χ1v) is 10.5. The molecule has 0 heterocycles. The third-order valence-corrected chi connectivity index (χ3v) is 5.54. The molecule has 0 bridgehead atoms. The smallest absolute Gasteiger partial charge is 1.00 e. The van der Waals surface area contributed by atoms with E-state index in [1.54, 1.807) is 12.1 Å². The summed E-state index contributed by atoms with van der Waals surface area (Å²) in [6.07, 6.45) is 0. The van der Waals surface area contributed by atoms with Crippen LogP contribution in [-0.4, -0.2) is 23.8 Å². The van der Waals surface area contributed by atoms with E-state index in [-0.39, 0.29) is 61.6 Å². The molecule has 0 aliphatic rings. The zero-order valence-corrected chi connectivity index (χ0v) is 17.0. The van der Waals surface area contributed by atoms with Gasteiger partial charge in [-0.25, -0.2) is 0 Å². The average molecular weight is 440 g/mol. The third kappa shape index (κ3) is 5.32. The predicted octanol–water partition coefficient (Wildman–Crippen LogP) is -4.26.